The van der Waals surface area contributed by atoms with Crippen LogP contribution in [0.4, 0.5) is 0 Å². The number of rotatable bonds is 2. The van der Waals surface area contributed by atoms with Gasteiger partial charge in [-0.2, -0.15) is 0 Å². The topological polar surface area (TPSA) is 3.24 Å². The average molecular weight is 314 g/mol. The third-order valence-electron chi connectivity index (χ3n) is 2.90. The van der Waals surface area contributed by atoms with Crippen molar-refractivity contribution < 1.29 is 0 Å². The summed E-state index contributed by atoms with van der Waals surface area (Å²) >= 11 is 7.27. The maximum absolute atomic E-state index is 3.52. The molecule has 84 valence electrons. The van der Waals surface area contributed by atoms with Crippen molar-refractivity contribution in [2.75, 3.05) is 6.54 Å². The molecule has 2 aromatic heterocycles. The highest BCUT2D eigenvalue weighted by Crippen LogP contribution is 2.27. The predicted molar refractivity (Wildman–Crippen MR) is 74.2 cm³/mol. The molecule has 0 unspecified atom stereocenters. The van der Waals surface area contributed by atoms with Gasteiger partial charge in [0.1, 0.15) is 0 Å². The second-order valence-corrected chi connectivity index (χ2v) is 7.58. The predicted octanol–water partition coefficient (Wildman–Crippen LogP) is 4.13. The molecule has 1 aliphatic heterocycles. The first-order valence-electron chi connectivity index (χ1n) is 5.33. The molecule has 0 amide bonds. The summed E-state index contributed by atoms with van der Waals surface area (Å²) in [5, 5.41) is 2.22. The molecule has 1 aliphatic rings. The van der Waals surface area contributed by atoms with Crippen LogP contribution >= 0.6 is 38.6 Å². The monoisotopic (exact) mass is 313 g/mol. The summed E-state index contributed by atoms with van der Waals surface area (Å²) in [5.41, 5.74) is 1.53. The number of fused-ring (bicyclic) bond motifs is 1. The second-order valence-electron chi connectivity index (χ2n) is 4.04. The van der Waals surface area contributed by atoms with E-state index in [-0.39, 0.29) is 0 Å². The van der Waals surface area contributed by atoms with Crippen molar-refractivity contribution in [3.8, 4) is 0 Å². The summed E-state index contributed by atoms with van der Waals surface area (Å²) in [7, 11) is 0. The lowest BCUT2D eigenvalue weighted by molar-refractivity contribution is 0.249. The van der Waals surface area contributed by atoms with Crippen LogP contribution in [-0.2, 0) is 19.5 Å². The maximum atomic E-state index is 3.52. The Kier molecular flexibility index (Phi) is 3.16. The molecule has 0 saturated carbocycles. The molecule has 0 fully saturated rings. The molecule has 16 heavy (non-hydrogen) atoms. The molecule has 0 aliphatic carbocycles. The Bertz CT molecular complexity index is 489. The first-order valence-corrected chi connectivity index (χ1v) is 7.82. The van der Waals surface area contributed by atoms with Crippen LogP contribution in [0.1, 0.15) is 15.3 Å². The van der Waals surface area contributed by atoms with Crippen molar-refractivity contribution >= 4 is 38.6 Å². The highest BCUT2D eigenvalue weighted by molar-refractivity contribution is 9.11. The lowest BCUT2D eigenvalue weighted by Crippen LogP contribution is -2.28. The molecule has 0 spiro atoms. The van der Waals surface area contributed by atoms with Gasteiger partial charge in [-0.05, 0) is 51.5 Å². The van der Waals surface area contributed by atoms with Gasteiger partial charge in [0, 0.05) is 29.4 Å². The molecule has 2 aromatic rings. The minimum Gasteiger partial charge on any atom is -0.294 e. The van der Waals surface area contributed by atoms with Crippen LogP contribution in [0.3, 0.4) is 0 Å². The van der Waals surface area contributed by atoms with Crippen LogP contribution < -0.4 is 0 Å². The second kappa shape index (κ2) is 4.61. The van der Waals surface area contributed by atoms with E-state index in [1.54, 1.807) is 4.88 Å². The minimum absolute atomic E-state index is 1.09. The van der Waals surface area contributed by atoms with E-state index >= 15 is 0 Å². The molecule has 0 atom stereocenters. The van der Waals surface area contributed by atoms with Crippen LogP contribution in [-0.4, -0.2) is 11.4 Å². The van der Waals surface area contributed by atoms with Gasteiger partial charge in [-0.1, -0.05) is 0 Å². The molecule has 0 saturated heterocycles. The summed E-state index contributed by atoms with van der Waals surface area (Å²) in [6.45, 7) is 3.41. The fourth-order valence-corrected chi connectivity index (χ4v) is 4.51. The van der Waals surface area contributed by atoms with Gasteiger partial charge < -0.3 is 0 Å². The van der Waals surface area contributed by atoms with Gasteiger partial charge in [0.05, 0.1) is 3.79 Å². The van der Waals surface area contributed by atoms with E-state index in [0.29, 0.717) is 0 Å². The largest absolute Gasteiger partial charge is 0.294 e. The molecule has 0 N–H and O–H groups in total. The third-order valence-corrected chi connectivity index (χ3v) is 5.53. The molecular weight excluding hydrogens is 302 g/mol. The highest BCUT2D eigenvalue weighted by atomic mass is 79.9. The zero-order valence-electron chi connectivity index (χ0n) is 8.78. The number of thiophene rings is 2. The van der Waals surface area contributed by atoms with Crippen molar-refractivity contribution in [1.29, 1.82) is 0 Å². The zero-order valence-corrected chi connectivity index (χ0v) is 12.0. The lowest BCUT2D eigenvalue weighted by Gasteiger charge is -2.26. The molecule has 0 bridgehead atoms. The summed E-state index contributed by atoms with van der Waals surface area (Å²) in [5.74, 6) is 0. The Balaban J connectivity index is 1.70. The molecule has 3 rings (SSSR count). The molecular formula is C12H12BrNS2. The van der Waals surface area contributed by atoms with Gasteiger partial charge in [0.2, 0.25) is 0 Å². The van der Waals surface area contributed by atoms with Crippen LogP contribution in [0.15, 0.2) is 27.4 Å². The van der Waals surface area contributed by atoms with Gasteiger partial charge in [-0.15, -0.1) is 22.7 Å². The smallest absolute Gasteiger partial charge is 0.0701 e. The SMILES string of the molecule is Brc1ccc(CN2CCc3sccc3C2)s1. The van der Waals surface area contributed by atoms with Crippen molar-refractivity contribution in [3.05, 3.63) is 42.7 Å². The summed E-state index contributed by atoms with van der Waals surface area (Å²) in [6, 6.07) is 6.63. The van der Waals surface area contributed by atoms with Crippen molar-refractivity contribution in [3.63, 3.8) is 0 Å². The zero-order chi connectivity index (χ0) is 11.0. The van der Waals surface area contributed by atoms with Crippen LogP contribution in [0.5, 0.6) is 0 Å². The van der Waals surface area contributed by atoms with Gasteiger partial charge in [0.25, 0.3) is 0 Å². The standard InChI is InChI=1S/C12H12BrNS2/c13-12-2-1-10(16-12)8-14-5-3-11-9(7-14)4-6-15-11/h1-2,4,6H,3,5,7-8H2. The number of halogens is 1. The van der Waals surface area contributed by atoms with Crippen molar-refractivity contribution in [2.45, 2.75) is 19.5 Å². The van der Waals surface area contributed by atoms with Gasteiger partial charge in [0.15, 0.2) is 0 Å². The number of hydrogen-bond donors (Lipinski definition) is 0. The van der Waals surface area contributed by atoms with Gasteiger partial charge >= 0.3 is 0 Å². The fraction of sp³-hybridized carbons (Fsp3) is 0.333. The van der Waals surface area contributed by atoms with Crippen LogP contribution in [0, 0.1) is 0 Å². The Morgan fingerprint density at radius 1 is 1.31 bits per heavy atom. The van der Waals surface area contributed by atoms with Crippen LogP contribution in [0.2, 0.25) is 0 Å². The van der Waals surface area contributed by atoms with E-state index in [0.717, 1.165) is 13.1 Å². The lowest BCUT2D eigenvalue weighted by atomic mass is 10.1. The minimum atomic E-state index is 1.09. The first kappa shape index (κ1) is 11.0. The molecule has 0 radical (unpaired) electrons. The third kappa shape index (κ3) is 2.25. The maximum Gasteiger partial charge on any atom is 0.0701 e. The number of nitrogens with zero attached hydrogens (tertiary/aromatic N) is 1. The van der Waals surface area contributed by atoms with Gasteiger partial charge in [-0.25, -0.2) is 0 Å². The van der Waals surface area contributed by atoms with Crippen molar-refractivity contribution in [2.24, 2.45) is 0 Å². The number of hydrogen-bond acceptors (Lipinski definition) is 3. The van der Waals surface area contributed by atoms with Gasteiger partial charge in [-0.3, -0.25) is 4.90 Å². The molecule has 0 aromatic carbocycles. The van der Waals surface area contributed by atoms with E-state index < -0.39 is 0 Å². The van der Waals surface area contributed by atoms with E-state index in [1.165, 1.54) is 27.2 Å². The van der Waals surface area contributed by atoms with E-state index in [4.69, 9.17) is 0 Å². The quantitative estimate of drug-likeness (QED) is 0.805. The van der Waals surface area contributed by atoms with E-state index in [2.05, 4.69) is 44.4 Å². The summed E-state index contributed by atoms with van der Waals surface area (Å²) in [6.07, 6.45) is 1.22. The van der Waals surface area contributed by atoms with Crippen molar-refractivity contribution in [1.82, 2.24) is 4.90 Å². The summed E-state index contributed by atoms with van der Waals surface area (Å²) < 4.78 is 1.23. The highest BCUT2D eigenvalue weighted by Gasteiger charge is 2.17. The average Bonchev–Trinajstić information content (AvgIpc) is 2.87. The summed E-state index contributed by atoms with van der Waals surface area (Å²) in [4.78, 5) is 5.57. The normalized spacial score (nSPS) is 16.3. The molecule has 3 heterocycles. The molecule has 1 nitrogen and oxygen atoms in total. The van der Waals surface area contributed by atoms with Crippen LogP contribution in [0.25, 0.3) is 0 Å². The Morgan fingerprint density at radius 3 is 3.06 bits per heavy atom. The molecule has 4 heteroatoms. The Labute approximate surface area is 112 Å². The first-order chi connectivity index (χ1) is 7.81. The Hall–Kier alpha value is -0.160. The van der Waals surface area contributed by atoms with E-state index in [1.807, 2.05) is 22.7 Å². The Morgan fingerprint density at radius 2 is 2.25 bits per heavy atom. The van der Waals surface area contributed by atoms with E-state index in [9.17, 15) is 0 Å². The fourth-order valence-electron chi connectivity index (χ4n) is 2.10.